The van der Waals surface area contributed by atoms with Gasteiger partial charge in [0.25, 0.3) is 21.9 Å². The molecular weight excluding hydrogens is 768 g/mol. The van der Waals surface area contributed by atoms with Gasteiger partial charge in [-0.25, -0.2) is 8.42 Å². The molecule has 0 bridgehead atoms. The average Bonchev–Trinajstić information content (AvgIpc) is 3.95. The van der Waals surface area contributed by atoms with Crippen LogP contribution >= 0.6 is 15.9 Å². The van der Waals surface area contributed by atoms with E-state index < -0.39 is 83.9 Å². The number of nitrogens with one attached hydrogen (secondary N) is 5. The Hall–Kier alpha value is -3.61. The molecule has 4 amide bonds. The van der Waals surface area contributed by atoms with Gasteiger partial charge < -0.3 is 20.9 Å². The summed E-state index contributed by atoms with van der Waals surface area (Å²) in [4.78, 5) is 56.1. The molecule has 51 heavy (non-hydrogen) atoms. The SMILES string of the molecule is CN/C=C\C(=N)C(=O)N[C@H]1CCCCC/C=C\C2C[C@@]2(C(=O)NS(=O)(=O)C2(C)CC2)NC(=O)[C@@H]2CC(OS(=O)(=O)c3ccc(Br)cc3)CN2C1=O. The number of carbonyl (C=O) groups is 4. The Bertz CT molecular complexity index is 1850. The molecule has 2 aliphatic heterocycles. The predicted octanol–water partition coefficient (Wildman–Crippen LogP) is 1.76. The van der Waals surface area contributed by atoms with Gasteiger partial charge in [-0.3, -0.25) is 33.5 Å². The molecule has 1 saturated heterocycles. The number of benzene rings is 1. The Morgan fingerprint density at radius 2 is 1.80 bits per heavy atom. The number of hydrogen-bond acceptors (Lipinski definition) is 11. The predicted molar refractivity (Wildman–Crippen MR) is 190 cm³/mol. The first-order valence-electron chi connectivity index (χ1n) is 16.8. The van der Waals surface area contributed by atoms with E-state index in [9.17, 15) is 36.0 Å². The first-order chi connectivity index (χ1) is 24.0. The average molecular weight is 812 g/mol. The van der Waals surface area contributed by atoms with Gasteiger partial charge >= 0.3 is 0 Å². The minimum absolute atomic E-state index is 0.118. The number of rotatable bonds is 10. The number of sulfonamides is 1. The number of carbonyl (C=O) groups excluding carboxylic acids is 4. The van der Waals surface area contributed by atoms with Gasteiger partial charge in [-0.2, -0.15) is 8.42 Å². The maximum Gasteiger partial charge on any atom is 0.297 e. The van der Waals surface area contributed by atoms with E-state index in [-0.39, 0.29) is 30.7 Å². The van der Waals surface area contributed by atoms with Crippen molar-refractivity contribution in [2.24, 2.45) is 5.92 Å². The zero-order chi connectivity index (χ0) is 37.2. The molecule has 2 heterocycles. The van der Waals surface area contributed by atoms with Crippen LogP contribution in [0.5, 0.6) is 0 Å². The van der Waals surface area contributed by atoms with Crippen LogP contribution in [0.3, 0.4) is 0 Å². The molecule has 2 aliphatic carbocycles. The van der Waals surface area contributed by atoms with Crippen molar-refractivity contribution < 1.29 is 40.2 Å². The lowest BCUT2D eigenvalue weighted by Crippen LogP contribution is -2.58. The van der Waals surface area contributed by atoms with Crippen molar-refractivity contribution in [3.8, 4) is 0 Å². The van der Waals surface area contributed by atoms with E-state index in [1.165, 1.54) is 43.5 Å². The van der Waals surface area contributed by atoms with Gasteiger partial charge in [0.05, 0.1) is 15.7 Å². The van der Waals surface area contributed by atoms with Crippen molar-refractivity contribution >= 4 is 65.4 Å². The summed E-state index contributed by atoms with van der Waals surface area (Å²) in [6.07, 6.45) is 8.43. The molecule has 2 unspecified atom stereocenters. The molecular formula is C33H43BrN6O9S2. The lowest BCUT2D eigenvalue weighted by molar-refractivity contribution is -0.142. The Morgan fingerprint density at radius 3 is 2.47 bits per heavy atom. The van der Waals surface area contributed by atoms with E-state index in [2.05, 4.69) is 36.6 Å². The van der Waals surface area contributed by atoms with Gasteiger partial charge in [-0.05, 0) is 82.0 Å². The number of amides is 4. The smallest absolute Gasteiger partial charge is 0.297 e. The van der Waals surface area contributed by atoms with Gasteiger partial charge in [-0.15, -0.1) is 0 Å². The second kappa shape index (κ2) is 15.2. The van der Waals surface area contributed by atoms with E-state index in [4.69, 9.17) is 9.59 Å². The topological polar surface area (TPSA) is 221 Å². The van der Waals surface area contributed by atoms with Crippen LogP contribution in [-0.4, -0.2) is 93.1 Å². The number of hydrogen-bond donors (Lipinski definition) is 5. The molecule has 0 aromatic heterocycles. The van der Waals surface area contributed by atoms with Crippen molar-refractivity contribution in [3.63, 3.8) is 0 Å². The number of allylic oxidation sites excluding steroid dienone is 1. The molecule has 1 aromatic rings. The maximum absolute atomic E-state index is 14.3. The Labute approximate surface area is 306 Å². The van der Waals surface area contributed by atoms with Crippen molar-refractivity contribution in [1.82, 2.24) is 25.6 Å². The minimum atomic E-state index is -4.35. The number of fused-ring (bicyclic) bond motifs is 2. The van der Waals surface area contributed by atoms with Gasteiger partial charge in [0.15, 0.2) is 0 Å². The van der Waals surface area contributed by atoms with Crippen molar-refractivity contribution in [3.05, 3.63) is 53.2 Å². The van der Waals surface area contributed by atoms with Gasteiger partial charge in [0, 0.05) is 30.4 Å². The zero-order valence-electron chi connectivity index (χ0n) is 28.3. The normalized spacial score (nSPS) is 28.6. The van der Waals surface area contributed by atoms with Gasteiger partial charge in [0.1, 0.15) is 23.3 Å². The Morgan fingerprint density at radius 1 is 1.10 bits per heavy atom. The summed E-state index contributed by atoms with van der Waals surface area (Å²) >= 11 is 3.26. The third-order valence-corrected chi connectivity index (χ3v) is 13.9. The van der Waals surface area contributed by atoms with Crippen molar-refractivity contribution in [1.29, 1.82) is 5.41 Å². The summed E-state index contributed by atoms with van der Waals surface area (Å²) in [5, 5.41) is 16.1. The van der Waals surface area contributed by atoms with Crippen LogP contribution in [0.15, 0.2) is 58.1 Å². The summed E-state index contributed by atoms with van der Waals surface area (Å²) in [7, 11) is -6.79. The van der Waals surface area contributed by atoms with Crippen LogP contribution in [0, 0.1) is 11.3 Å². The minimum Gasteiger partial charge on any atom is -0.394 e. The van der Waals surface area contributed by atoms with E-state index in [1.807, 2.05) is 6.08 Å². The largest absolute Gasteiger partial charge is 0.394 e. The van der Waals surface area contributed by atoms with Crippen molar-refractivity contribution in [2.75, 3.05) is 13.6 Å². The molecule has 0 radical (unpaired) electrons. The molecule has 278 valence electrons. The molecule has 2 saturated carbocycles. The quantitative estimate of drug-likeness (QED) is 0.131. The molecule has 0 spiro atoms. The summed E-state index contributed by atoms with van der Waals surface area (Å²) < 4.78 is 59.9. The van der Waals surface area contributed by atoms with Crippen LogP contribution in [0.4, 0.5) is 0 Å². The molecule has 5 atom stereocenters. The fraction of sp³-hybridized carbons (Fsp3) is 0.545. The van der Waals surface area contributed by atoms with Gasteiger partial charge in [0.2, 0.25) is 21.8 Å². The van der Waals surface area contributed by atoms with E-state index in [0.29, 0.717) is 43.0 Å². The molecule has 18 heteroatoms. The highest BCUT2D eigenvalue weighted by atomic mass is 79.9. The van der Waals surface area contributed by atoms with E-state index >= 15 is 0 Å². The second-order valence-electron chi connectivity index (χ2n) is 13.7. The van der Waals surface area contributed by atoms with Gasteiger partial charge in [-0.1, -0.05) is 40.9 Å². The standard InChI is InChI=1S/C33H43BrN6O9S2/c1-32(15-16-32)51(47,48)39-31(44)33-19-21(33)8-6-4-3-5-7-9-26(37-28(41)25(35)14-17-36-2)30(43)40-20-23(18-27(40)29(42)38-33)49-50(45,46)24-12-10-22(34)11-13-24/h6,8,10-14,17,21,23,26-27,35-36H,3-5,7,9,15-16,18-20H2,1-2H3,(H,37,41)(H,38,42)(H,39,44)/b8-6-,17-14-,35-25?/t21?,23?,26-,27-,33+/m0/s1. The van der Waals surface area contributed by atoms with Crippen molar-refractivity contribution in [2.45, 2.75) is 98.1 Å². The summed E-state index contributed by atoms with van der Waals surface area (Å²) in [6.45, 7) is 1.20. The van der Waals surface area contributed by atoms with Crippen LogP contribution < -0.4 is 20.7 Å². The third-order valence-electron chi connectivity index (χ3n) is 9.81. The van der Waals surface area contributed by atoms with E-state index in [0.717, 1.165) is 4.90 Å². The lowest BCUT2D eigenvalue weighted by atomic mass is 10.0. The molecule has 5 N–H and O–H groups in total. The molecule has 3 fully saturated rings. The van der Waals surface area contributed by atoms with Crippen LogP contribution in [0.25, 0.3) is 0 Å². The first kappa shape index (κ1) is 38.6. The zero-order valence-corrected chi connectivity index (χ0v) is 31.5. The van der Waals surface area contributed by atoms with Crippen LogP contribution in [0.1, 0.15) is 64.7 Å². The Balaban J connectivity index is 1.46. The summed E-state index contributed by atoms with van der Waals surface area (Å²) in [5.74, 6) is -3.73. The highest BCUT2D eigenvalue weighted by molar-refractivity contribution is 9.10. The molecule has 15 nitrogen and oxygen atoms in total. The molecule has 4 aliphatic rings. The lowest BCUT2D eigenvalue weighted by Gasteiger charge is -2.30. The highest BCUT2D eigenvalue weighted by Crippen LogP contribution is 2.47. The highest BCUT2D eigenvalue weighted by Gasteiger charge is 2.63. The third kappa shape index (κ3) is 8.72. The molecule has 5 rings (SSSR count). The fourth-order valence-electron chi connectivity index (χ4n) is 6.25. The number of nitrogens with zero attached hydrogens (tertiary/aromatic N) is 1. The number of halogens is 1. The Kier molecular flexibility index (Phi) is 11.5. The summed E-state index contributed by atoms with van der Waals surface area (Å²) in [5.41, 5.74) is -2.04. The second-order valence-corrected chi connectivity index (χ2v) is 18.3. The maximum atomic E-state index is 14.3. The first-order valence-corrected chi connectivity index (χ1v) is 20.5. The monoisotopic (exact) mass is 810 g/mol. The molecule has 1 aromatic carbocycles. The van der Waals surface area contributed by atoms with Crippen LogP contribution in [-0.2, 0) is 43.5 Å². The summed E-state index contributed by atoms with van der Waals surface area (Å²) in [6, 6.07) is 3.22. The van der Waals surface area contributed by atoms with Crippen LogP contribution in [0.2, 0.25) is 0 Å². The van der Waals surface area contributed by atoms with E-state index in [1.54, 1.807) is 13.1 Å². The fourth-order valence-corrected chi connectivity index (χ4v) is 8.90.